The van der Waals surface area contributed by atoms with Crippen LogP contribution in [0.2, 0.25) is 0 Å². The van der Waals surface area contributed by atoms with E-state index < -0.39 is 11.5 Å². The Morgan fingerprint density at radius 3 is 2.00 bits per heavy atom. The lowest BCUT2D eigenvalue weighted by Crippen LogP contribution is -2.38. The molecule has 0 amide bonds. The molecular weight excluding hydrogens is 450 g/mol. The maximum Gasteiger partial charge on any atom is 0.333 e. The molecule has 1 N–H and O–H groups in total. The number of ether oxygens (including phenoxy) is 1. The number of nitrogens with one attached hydrogen (secondary N) is 1. The maximum atomic E-state index is 11.3. The van der Waals surface area contributed by atoms with Gasteiger partial charge in [-0.2, -0.15) is 5.10 Å². The molecule has 1 aromatic heterocycles. The number of aromatic nitrogens is 2. The number of carbonyl (C=O) groups is 1. The summed E-state index contributed by atoms with van der Waals surface area (Å²) in [6.07, 6.45) is 8.29. The summed E-state index contributed by atoms with van der Waals surface area (Å²) in [5.41, 5.74) is 8.34. The molecule has 1 aliphatic rings. The van der Waals surface area contributed by atoms with Gasteiger partial charge in [-0.3, -0.25) is 4.68 Å². The van der Waals surface area contributed by atoms with Gasteiger partial charge in [-0.1, -0.05) is 97.1 Å². The number of esters is 1. The van der Waals surface area contributed by atoms with Crippen LogP contribution >= 0.6 is 0 Å². The van der Waals surface area contributed by atoms with Crippen LogP contribution in [0, 0.1) is 0 Å². The predicted molar refractivity (Wildman–Crippen MR) is 139 cm³/mol. The van der Waals surface area contributed by atoms with E-state index in [-0.39, 0.29) is 0 Å². The van der Waals surface area contributed by atoms with Crippen LogP contribution in [-0.2, 0) is 26.3 Å². The van der Waals surface area contributed by atoms with Gasteiger partial charge in [0.15, 0.2) is 0 Å². The number of fused-ring (bicyclic) bond motifs is 1. The standard InChI is InChI=1S/C30H27N3O3/c1-35-29(34)20-21-36-32-28-19-11-18-27-26(28)22-33(31-27)30(23-12-5-2-6-13-23,24-14-7-3-8-15-24)25-16-9-4-10-17-25/h2-10,12-17,19-22,32H,11,18H2,1H3. The van der Waals surface area contributed by atoms with Gasteiger partial charge in [0.25, 0.3) is 0 Å². The summed E-state index contributed by atoms with van der Waals surface area (Å²) in [5.74, 6) is -0.485. The fourth-order valence-electron chi connectivity index (χ4n) is 4.74. The van der Waals surface area contributed by atoms with Crippen molar-refractivity contribution in [1.29, 1.82) is 0 Å². The molecule has 0 fully saturated rings. The van der Waals surface area contributed by atoms with Crippen LogP contribution in [0.3, 0.4) is 0 Å². The van der Waals surface area contributed by atoms with Crippen LogP contribution in [0.1, 0.15) is 34.4 Å². The van der Waals surface area contributed by atoms with Crippen molar-refractivity contribution in [3.8, 4) is 0 Å². The zero-order valence-electron chi connectivity index (χ0n) is 20.0. The first kappa shape index (κ1) is 23.2. The number of rotatable bonds is 8. The van der Waals surface area contributed by atoms with Crippen LogP contribution in [-0.4, -0.2) is 22.9 Å². The van der Waals surface area contributed by atoms with E-state index in [1.807, 2.05) is 18.2 Å². The van der Waals surface area contributed by atoms with Crippen molar-refractivity contribution in [3.63, 3.8) is 0 Å². The van der Waals surface area contributed by atoms with E-state index in [2.05, 4.69) is 100.0 Å². The van der Waals surface area contributed by atoms with Gasteiger partial charge in [0.2, 0.25) is 0 Å². The Kier molecular flexibility index (Phi) is 6.67. The first-order valence-corrected chi connectivity index (χ1v) is 11.9. The first-order chi connectivity index (χ1) is 17.7. The monoisotopic (exact) mass is 477 g/mol. The number of benzene rings is 3. The Morgan fingerprint density at radius 1 is 0.917 bits per heavy atom. The summed E-state index contributed by atoms with van der Waals surface area (Å²) in [6, 6.07) is 31.4. The van der Waals surface area contributed by atoms with Crippen LogP contribution in [0.25, 0.3) is 5.70 Å². The number of carbonyl (C=O) groups excluding carboxylic acids is 1. The minimum atomic E-state index is -0.683. The second-order valence-electron chi connectivity index (χ2n) is 8.44. The van der Waals surface area contributed by atoms with Crippen LogP contribution in [0.5, 0.6) is 0 Å². The number of hydrogen-bond acceptors (Lipinski definition) is 5. The second kappa shape index (κ2) is 10.4. The number of hydrogen-bond donors (Lipinski definition) is 1. The second-order valence-corrected chi connectivity index (χ2v) is 8.44. The Hall–Kier alpha value is -4.58. The number of nitrogens with zero attached hydrogens (tertiary/aromatic N) is 2. The molecule has 5 rings (SSSR count). The summed E-state index contributed by atoms with van der Waals surface area (Å²) < 4.78 is 6.68. The molecule has 180 valence electrons. The molecule has 0 saturated carbocycles. The normalized spacial score (nSPS) is 13.1. The van der Waals surface area contributed by atoms with Crippen LogP contribution in [0.15, 0.2) is 116 Å². The lowest BCUT2D eigenvalue weighted by atomic mass is 9.77. The minimum absolute atomic E-state index is 0.485. The van der Waals surface area contributed by atoms with Crippen LogP contribution < -0.4 is 5.48 Å². The zero-order valence-corrected chi connectivity index (χ0v) is 20.0. The molecule has 1 aliphatic carbocycles. The number of aryl methyl sites for hydroxylation is 1. The third-order valence-corrected chi connectivity index (χ3v) is 6.37. The van der Waals surface area contributed by atoms with E-state index in [0.29, 0.717) is 0 Å². The van der Waals surface area contributed by atoms with Crippen molar-refractivity contribution >= 4 is 11.7 Å². The fraction of sp³-hybridized carbons (Fsp3) is 0.133. The highest BCUT2D eigenvalue weighted by atomic mass is 16.6. The summed E-state index contributed by atoms with van der Waals surface area (Å²) in [6.45, 7) is 0. The highest BCUT2D eigenvalue weighted by molar-refractivity contribution is 5.81. The number of methoxy groups -OCH3 is 1. The predicted octanol–water partition coefficient (Wildman–Crippen LogP) is 5.22. The molecule has 0 spiro atoms. The summed E-state index contributed by atoms with van der Waals surface area (Å²) in [5, 5.41) is 5.16. The van der Waals surface area contributed by atoms with Gasteiger partial charge in [0.1, 0.15) is 11.8 Å². The van der Waals surface area contributed by atoms with E-state index in [1.54, 1.807) is 0 Å². The minimum Gasteiger partial charge on any atom is -0.466 e. The largest absolute Gasteiger partial charge is 0.466 e. The molecular formula is C30H27N3O3. The first-order valence-electron chi connectivity index (χ1n) is 11.9. The molecule has 4 aromatic rings. The summed E-state index contributed by atoms with van der Waals surface area (Å²) in [7, 11) is 1.32. The molecule has 0 unspecified atom stereocenters. The van der Waals surface area contributed by atoms with Gasteiger partial charge in [0.05, 0.1) is 24.6 Å². The van der Waals surface area contributed by atoms with Crippen molar-refractivity contribution in [2.75, 3.05) is 7.11 Å². The molecule has 6 nitrogen and oxygen atoms in total. The smallest absolute Gasteiger partial charge is 0.333 e. The van der Waals surface area contributed by atoms with Crippen molar-refractivity contribution in [1.82, 2.24) is 15.3 Å². The molecule has 0 radical (unpaired) electrons. The van der Waals surface area contributed by atoms with E-state index in [4.69, 9.17) is 9.94 Å². The lowest BCUT2D eigenvalue weighted by molar-refractivity contribution is -0.135. The molecule has 0 aliphatic heterocycles. The molecule has 0 saturated heterocycles. The van der Waals surface area contributed by atoms with Gasteiger partial charge >= 0.3 is 5.97 Å². The Bertz CT molecular complexity index is 1280. The molecule has 0 bridgehead atoms. The van der Waals surface area contributed by atoms with Gasteiger partial charge in [-0.15, -0.1) is 0 Å². The molecule has 6 heteroatoms. The van der Waals surface area contributed by atoms with E-state index in [1.165, 1.54) is 19.4 Å². The van der Waals surface area contributed by atoms with E-state index >= 15 is 0 Å². The Balaban J connectivity index is 1.64. The quantitative estimate of drug-likeness (QED) is 0.124. The average molecular weight is 478 g/mol. The third kappa shape index (κ3) is 4.29. The van der Waals surface area contributed by atoms with Gasteiger partial charge in [-0.05, 0) is 29.5 Å². The summed E-state index contributed by atoms with van der Waals surface area (Å²) in [4.78, 5) is 16.7. The van der Waals surface area contributed by atoms with Crippen molar-refractivity contribution in [2.45, 2.75) is 18.4 Å². The van der Waals surface area contributed by atoms with Crippen molar-refractivity contribution < 1.29 is 14.4 Å². The SMILES string of the molecule is COC(=O)C=CONC1=CCCc2nn(C(c3ccccc3)(c3ccccc3)c3ccccc3)cc21. The third-order valence-electron chi connectivity index (χ3n) is 6.37. The van der Waals surface area contributed by atoms with E-state index in [0.717, 1.165) is 46.5 Å². The average Bonchev–Trinajstić information content (AvgIpc) is 3.38. The highest BCUT2D eigenvalue weighted by Crippen LogP contribution is 2.41. The topological polar surface area (TPSA) is 65.4 Å². The Labute approximate surface area is 210 Å². The fourth-order valence-corrected chi connectivity index (χ4v) is 4.74. The summed E-state index contributed by atoms with van der Waals surface area (Å²) >= 11 is 0. The molecule has 1 heterocycles. The Morgan fingerprint density at radius 2 is 1.47 bits per heavy atom. The number of allylic oxidation sites excluding steroid dienone is 1. The molecule has 3 aromatic carbocycles. The van der Waals surface area contributed by atoms with E-state index in [9.17, 15) is 4.79 Å². The van der Waals surface area contributed by atoms with Crippen molar-refractivity contribution in [2.24, 2.45) is 0 Å². The van der Waals surface area contributed by atoms with Gasteiger partial charge in [0, 0.05) is 11.8 Å². The lowest BCUT2D eigenvalue weighted by Gasteiger charge is -2.36. The van der Waals surface area contributed by atoms with Crippen molar-refractivity contribution in [3.05, 3.63) is 144 Å². The number of hydroxylamine groups is 1. The maximum absolute atomic E-state index is 11.3. The molecule has 0 atom stereocenters. The highest BCUT2D eigenvalue weighted by Gasteiger charge is 2.40. The zero-order chi connectivity index (χ0) is 24.8. The molecule has 36 heavy (non-hydrogen) atoms. The van der Waals surface area contributed by atoms with Gasteiger partial charge < -0.3 is 9.57 Å². The van der Waals surface area contributed by atoms with Crippen LogP contribution in [0.4, 0.5) is 0 Å². The van der Waals surface area contributed by atoms with Gasteiger partial charge in [-0.25, -0.2) is 10.3 Å².